The van der Waals surface area contributed by atoms with Gasteiger partial charge >= 0.3 is 5.51 Å². The van der Waals surface area contributed by atoms with Crippen molar-refractivity contribution < 1.29 is 21.6 Å². The predicted octanol–water partition coefficient (Wildman–Crippen LogP) is 3.19. The molecule has 1 aliphatic carbocycles. The van der Waals surface area contributed by atoms with E-state index in [1.165, 1.54) is 12.1 Å². The Morgan fingerprint density at radius 2 is 1.68 bits per heavy atom. The molecule has 1 saturated carbocycles. The Bertz CT molecular complexity index is 545. The second-order valence-corrected chi connectivity index (χ2v) is 6.83. The van der Waals surface area contributed by atoms with Crippen LogP contribution in [-0.4, -0.2) is 20.0 Å². The van der Waals surface area contributed by atoms with Crippen LogP contribution in [0.15, 0.2) is 29.2 Å². The van der Waals surface area contributed by atoms with E-state index in [0.717, 1.165) is 25.0 Å². The summed E-state index contributed by atoms with van der Waals surface area (Å²) < 4.78 is 59.3. The number of rotatable bonds is 3. The van der Waals surface area contributed by atoms with Gasteiger partial charge in [0.05, 0.1) is 4.90 Å². The fraction of sp³-hybridized carbons (Fsp3) is 0.500. The lowest BCUT2D eigenvalue weighted by Gasteiger charge is -2.34. The van der Waals surface area contributed by atoms with Crippen LogP contribution in [0.3, 0.4) is 0 Å². The van der Waals surface area contributed by atoms with Crippen molar-refractivity contribution >= 4 is 15.5 Å². The summed E-state index contributed by atoms with van der Waals surface area (Å²) in [5.41, 5.74) is -4.62. The monoisotopic (exact) mass is 293 g/mol. The fourth-order valence-corrected chi connectivity index (χ4v) is 2.88. The van der Waals surface area contributed by atoms with Crippen LogP contribution in [0.5, 0.6) is 0 Å². The third kappa shape index (κ3) is 2.86. The summed E-state index contributed by atoms with van der Waals surface area (Å²) in [7, 11) is -5.25. The van der Waals surface area contributed by atoms with E-state index in [1.54, 1.807) is 0 Å². The molecule has 1 aliphatic rings. The van der Waals surface area contributed by atoms with Crippen LogP contribution in [0.1, 0.15) is 19.8 Å². The molecule has 0 spiro atoms. The number of hydrogen-bond acceptors (Lipinski definition) is 3. The SMILES string of the molecule is CC1CC(Nc2ccc(S(=O)(=O)C(F)(F)F)cc2)C1. The van der Waals surface area contributed by atoms with Crippen LogP contribution in [0.25, 0.3) is 0 Å². The molecule has 0 bridgehead atoms. The number of sulfone groups is 1. The molecule has 2 rings (SSSR count). The molecule has 106 valence electrons. The van der Waals surface area contributed by atoms with E-state index in [0.29, 0.717) is 17.6 Å². The van der Waals surface area contributed by atoms with E-state index >= 15 is 0 Å². The van der Waals surface area contributed by atoms with Gasteiger partial charge in [0.1, 0.15) is 0 Å². The number of anilines is 1. The highest BCUT2D eigenvalue weighted by molar-refractivity contribution is 7.92. The van der Waals surface area contributed by atoms with Crippen LogP contribution < -0.4 is 5.32 Å². The zero-order valence-electron chi connectivity index (χ0n) is 10.2. The van der Waals surface area contributed by atoms with Crippen molar-refractivity contribution in [3.8, 4) is 0 Å². The maximum atomic E-state index is 12.3. The van der Waals surface area contributed by atoms with Gasteiger partial charge in [0.2, 0.25) is 0 Å². The summed E-state index contributed by atoms with van der Waals surface area (Å²) in [5.74, 6) is 0.655. The van der Waals surface area contributed by atoms with Crippen LogP contribution in [0, 0.1) is 5.92 Å². The quantitative estimate of drug-likeness (QED) is 0.931. The van der Waals surface area contributed by atoms with Gasteiger partial charge in [-0.05, 0) is 43.0 Å². The Morgan fingerprint density at radius 1 is 1.16 bits per heavy atom. The number of hydrogen-bond donors (Lipinski definition) is 1. The van der Waals surface area contributed by atoms with Gasteiger partial charge in [-0.3, -0.25) is 0 Å². The van der Waals surface area contributed by atoms with Crippen molar-refractivity contribution in [2.45, 2.75) is 36.2 Å². The Kier molecular flexibility index (Phi) is 3.51. The molecule has 0 heterocycles. The topological polar surface area (TPSA) is 46.2 Å². The lowest BCUT2D eigenvalue weighted by molar-refractivity contribution is -0.0436. The van der Waals surface area contributed by atoms with E-state index in [4.69, 9.17) is 0 Å². The summed E-state index contributed by atoms with van der Waals surface area (Å²) in [5, 5.41) is 3.15. The number of alkyl halides is 3. The Hall–Kier alpha value is -1.24. The summed E-state index contributed by atoms with van der Waals surface area (Å²) in [4.78, 5) is -0.729. The molecule has 0 unspecified atom stereocenters. The molecule has 1 N–H and O–H groups in total. The van der Waals surface area contributed by atoms with Crippen LogP contribution >= 0.6 is 0 Å². The Morgan fingerprint density at radius 3 is 2.11 bits per heavy atom. The third-order valence-corrected chi connectivity index (χ3v) is 4.72. The molecule has 0 radical (unpaired) electrons. The van der Waals surface area contributed by atoms with Gasteiger partial charge in [-0.15, -0.1) is 0 Å². The zero-order chi connectivity index (χ0) is 14.3. The van der Waals surface area contributed by atoms with Crippen molar-refractivity contribution in [2.24, 2.45) is 5.92 Å². The van der Waals surface area contributed by atoms with Crippen molar-refractivity contribution in [1.29, 1.82) is 0 Å². The van der Waals surface area contributed by atoms with Gasteiger partial charge in [-0.2, -0.15) is 13.2 Å². The fourth-order valence-electron chi connectivity index (χ4n) is 2.12. The second kappa shape index (κ2) is 4.70. The minimum atomic E-state index is -5.26. The molecule has 3 nitrogen and oxygen atoms in total. The van der Waals surface area contributed by atoms with Crippen LogP contribution in [0.4, 0.5) is 18.9 Å². The molecule has 0 saturated heterocycles. The minimum absolute atomic E-state index is 0.320. The molecule has 1 fully saturated rings. The number of benzene rings is 1. The second-order valence-electron chi connectivity index (χ2n) is 4.89. The molecule has 1 aromatic carbocycles. The predicted molar refractivity (Wildman–Crippen MR) is 65.5 cm³/mol. The Labute approximate surface area is 109 Å². The normalized spacial score (nSPS) is 23.8. The molecular formula is C12H14F3NO2S. The lowest BCUT2D eigenvalue weighted by atomic mass is 9.82. The summed E-state index contributed by atoms with van der Waals surface area (Å²) in [6.45, 7) is 2.12. The van der Waals surface area contributed by atoms with Gasteiger partial charge < -0.3 is 5.32 Å². The largest absolute Gasteiger partial charge is 0.501 e. The highest BCUT2D eigenvalue weighted by Gasteiger charge is 2.46. The zero-order valence-corrected chi connectivity index (χ0v) is 11.1. The van der Waals surface area contributed by atoms with E-state index in [-0.39, 0.29) is 0 Å². The first-order chi connectivity index (χ1) is 8.70. The number of nitrogens with one attached hydrogen (secondary N) is 1. The standard InChI is InChI=1S/C12H14F3NO2S/c1-8-6-10(7-8)16-9-2-4-11(5-3-9)19(17,18)12(13,14)15/h2-5,8,10,16H,6-7H2,1H3. The average molecular weight is 293 g/mol. The van der Waals surface area contributed by atoms with Gasteiger partial charge in [0, 0.05) is 11.7 Å². The molecular weight excluding hydrogens is 279 g/mol. The maximum absolute atomic E-state index is 12.3. The van der Waals surface area contributed by atoms with Crippen LogP contribution in [0.2, 0.25) is 0 Å². The van der Waals surface area contributed by atoms with Crippen molar-refractivity contribution in [2.75, 3.05) is 5.32 Å². The number of halogens is 3. The lowest BCUT2D eigenvalue weighted by Crippen LogP contribution is -2.33. The van der Waals surface area contributed by atoms with E-state index in [9.17, 15) is 21.6 Å². The highest BCUT2D eigenvalue weighted by Crippen LogP contribution is 2.32. The van der Waals surface area contributed by atoms with E-state index < -0.39 is 20.2 Å². The van der Waals surface area contributed by atoms with Gasteiger partial charge in [-0.1, -0.05) is 6.92 Å². The van der Waals surface area contributed by atoms with Gasteiger partial charge in [0.15, 0.2) is 0 Å². The van der Waals surface area contributed by atoms with E-state index in [2.05, 4.69) is 12.2 Å². The first kappa shape index (κ1) is 14.2. The van der Waals surface area contributed by atoms with Gasteiger partial charge in [-0.25, -0.2) is 8.42 Å². The molecule has 0 amide bonds. The third-order valence-electron chi connectivity index (χ3n) is 3.21. The minimum Gasteiger partial charge on any atom is -0.382 e. The molecule has 19 heavy (non-hydrogen) atoms. The van der Waals surface area contributed by atoms with Crippen molar-refractivity contribution in [3.05, 3.63) is 24.3 Å². The molecule has 0 atom stereocenters. The van der Waals surface area contributed by atoms with Crippen LogP contribution in [-0.2, 0) is 9.84 Å². The summed E-state index contributed by atoms with van der Waals surface area (Å²) >= 11 is 0. The Balaban J connectivity index is 2.11. The first-order valence-corrected chi connectivity index (χ1v) is 7.36. The molecule has 0 aromatic heterocycles. The van der Waals surface area contributed by atoms with E-state index in [1.807, 2.05) is 0 Å². The highest BCUT2D eigenvalue weighted by atomic mass is 32.2. The summed E-state index contributed by atoms with van der Waals surface area (Å²) in [6.07, 6.45) is 2.03. The molecule has 7 heteroatoms. The smallest absolute Gasteiger partial charge is 0.382 e. The molecule has 0 aliphatic heterocycles. The maximum Gasteiger partial charge on any atom is 0.501 e. The van der Waals surface area contributed by atoms with Gasteiger partial charge in [0.25, 0.3) is 9.84 Å². The van der Waals surface area contributed by atoms with Crippen molar-refractivity contribution in [1.82, 2.24) is 0 Å². The van der Waals surface area contributed by atoms with Crippen molar-refractivity contribution in [3.63, 3.8) is 0 Å². The average Bonchev–Trinajstić information content (AvgIpc) is 2.26. The first-order valence-electron chi connectivity index (χ1n) is 5.88. The summed E-state index contributed by atoms with van der Waals surface area (Å²) in [6, 6.07) is 5.00. The molecule has 1 aromatic rings.